The van der Waals surface area contributed by atoms with Gasteiger partial charge in [0.25, 0.3) is 0 Å². The van der Waals surface area contributed by atoms with E-state index in [1.165, 1.54) is 7.11 Å². The van der Waals surface area contributed by atoms with Crippen LogP contribution in [-0.4, -0.2) is 64.7 Å². The van der Waals surface area contributed by atoms with E-state index in [9.17, 15) is 20.1 Å². The van der Waals surface area contributed by atoms with E-state index in [-0.39, 0.29) is 47.1 Å². The Morgan fingerprint density at radius 3 is 2.51 bits per heavy atom. The van der Waals surface area contributed by atoms with Gasteiger partial charge in [-0.15, -0.1) is 0 Å². The highest BCUT2D eigenvalue weighted by atomic mass is 16.6. The van der Waals surface area contributed by atoms with Crippen molar-refractivity contribution >= 4 is 5.97 Å². The molecule has 0 aromatic carbocycles. The molecule has 7 nitrogen and oxygen atoms in total. The Hall–Kier alpha value is -0.730. The summed E-state index contributed by atoms with van der Waals surface area (Å²) in [5.41, 5.74) is -0.290. The first-order valence-electron chi connectivity index (χ1n) is 14.9. The van der Waals surface area contributed by atoms with Crippen LogP contribution in [0.1, 0.15) is 97.8 Å². The summed E-state index contributed by atoms with van der Waals surface area (Å²) in [6.07, 6.45) is 8.16. The monoisotopic (exact) mass is 524 g/mol. The number of ether oxygens (including phenoxy) is 2. The first-order chi connectivity index (χ1) is 17.5. The van der Waals surface area contributed by atoms with Gasteiger partial charge in [-0.2, -0.15) is 0 Å². The summed E-state index contributed by atoms with van der Waals surface area (Å²) >= 11 is 0. The maximum atomic E-state index is 11.8. The van der Waals surface area contributed by atoms with Crippen molar-refractivity contribution < 1.29 is 34.7 Å². The summed E-state index contributed by atoms with van der Waals surface area (Å²) in [6, 6.07) is 0. The summed E-state index contributed by atoms with van der Waals surface area (Å²) in [5.74, 6) is 0.131. The Bertz CT molecular complexity index is 790. The smallest absolute Gasteiger partial charge is 0.305 e. The van der Waals surface area contributed by atoms with Crippen LogP contribution in [0.2, 0.25) is 0 Å². The lowest BCUT2D eigenvalue weighted by Gasteiger charge is -2.64. The van der Waals surface area contributed by atoms with E-state index in [1.807, 2.05) is 0 Å². The third-order valence-corrected chi connectivity index (χ3v) is 11.8. The van der Waals surface area contributed by atoms with Crippen LogP contribution >= 0.6 is 0 Å². The molecule has 0 heterocycles. The zero-order chi connectivity index (χ0) is 27.0. The molecule has 0 saturated heterocycles. The summed E-state index contributed by atoms with van der Waals surface area (Å²) in [5, 5.41) is 43.6. The maximum Gasteiger partial charge on any atom is 0.305 e. The second-order valence-electron chi connectivity index (χ2n) is 13.5. The number of hydrogen-bond acceptors (Lipinski definition) is 7. The second kappa shape index (κ2) is 11.4. The van der Waals surface area contributed by atoms with Crippen LogP contribution in [0, 0.1) is 46.3 Å². The lowest BCUT2D eigenvalue weighted by Crippen LogP contribution is -2.63. The van der Waals surface area contributed by atoms with Crippen molar-refractivity contribution in [2.45, 2.75) is 116 Å². The molecule has 0 unspecified atom stereocenters. The molecule has 0 radical (unpaired) electrons. The number of rotatable bonds is 10. The zero-order valence-corrected chi connectivity index (χ0v) is 23.5. The van der Waals surface area contributed by atoms with Crippen molar-refractivity contribution in [1.82, 2.24) is 0 Å². The predicted octanol–water partition coefficient (Wildman–Crippen LogP) is 4.04. The Morgan fingerprint density at radius 2 is 1.81 bits per heavy atom. The van der Waals surface area contributed by atoms with Gasteiger partial charge in [-0.05, 0) is 104 Å². The number of esters is 1. The second-order valence-corrected chi connectivity index (χ2v) is 13.5. The molecule has 4 aliphatic rings. The minimum absolute atomic E-state index is 0.0345. The van der Waals surface area contributed by atoms with Crippen molar-refractivity contribution in [1.29, 1.82) is 0 Å². The molecule has 0 bridgehead atoms. The van der Waals surface area contributed by atoms with Crippen molar-refractivity contribution in [3.63, 3.8) is 0 Å². The molecule has 0 spiro atoms. The van der Waals surface area contributed by atoms with Crippen molar-refractivity contribution in [3.05, 3.63) is 0 Å². The molecule has 0 aromatic rings. The van der Waals surface area contributed by atoms with Gasteiger partial charge >= 0.3 is 5.97 Å². The van der Waals surface area contributed by atoms with Crippen LogP contribution in [0.3, 0.4) is 0 Å². The normalized spacial score (nSPS) is 46.0. The largest absolute Gasteiger partial charge is 0.469 e. The van der Waals surface area contributed by atoms with Crippen molar-refractivity contribution in [2.75, 3.05) is 20.3 Å². The molecule has 11 atom stereocenters. The molecule has 0 aliphatic heterocycles. The molecule has 214 valence electrons. The van der Waals surface area contributed by atoms with E-state index < -0.39 is 18.0 Å². The molecular formula is C30H52O7. The third-order valence-electron chi connectivity index (χ3n) is 11.8. The van der Waals surface area contributed by atoms with Crippen LogP contribution in [0.5, 0.6) is 0 Å². The van der Waals surface area contributed by atoms with Crippen LogP contribution in [-0.2, 0) is 14.3 Å². The fraction of sp³-hybridized carbons (Fsp3) is 0.967. The molecule has 0 aromatic heterocycles. The number of methoxy groups -OCH3 is 1. The van der Waals surface area contributed by atoms with Crippen LogP contribution < -0.4 is 0 Å². The minimum Gasteiger partial charge on any atom is -0.469 e. The molecule has 4 fully saturated rings. The Kier molecular flexibility index (Phi) is 9.02. The minimum atomic E-state index is -1.15. The highest BCUT2D eigenvalue weighted by Crippen LogP contribution is 2.69. The Balaban J connectivity index is 1.47. The lowest BCUT2D eigenvalue weighted by atomic mass is 9.43. The van der Waals surface area contributed by atoms with Crippen LogP contribution in [0.25, 0.3) is 0 Å². The fourth-order valence-electron chi connectivity index (χ4n) is 9.54. The van der Waals surface area contributed by atoms with Gasteiger partial charge in [-0.3, -0.25) is 4.79 Å². The summed E-state index contributed by atoms with van der Waals surface area (Å²) in [6.45, 7) is 7.47. The number of unbranched alkanes of at least 4 members (excludes halogenated alkanes) is 2. The molecular weight excluding hydrogens is 472 g/mol. The third kappa shape index (κ3) is 5.37. The van der Waals surface area contributed by atoms with E-state index >= 15 is 0 Å². The summed E-state index contributed by atoms with van der Waals surface area (Å²) in [4.78, 5) is 11.8. The van der Waals surface area contributed by atoms with Gasteiger partial charge in [0, 0.05) is 25.9 Å². The highest BCUT2D eigenvalue weighted by molar-refractivity contribution is 5.69. The van der Waals surface area contributed by atoms with E-state index in [4.69, 9.17) is 14.6 Å². The van der Waals surface area contributed by atoms with Crippen LogP contribution in [0.4, 0.5) is 0 Å². The Morgan fingerprint density at radius 1 is 1.05 bits per heavy atom. The molecule has 7 heteroatoms. The number of fused-ring (bicyclic) bond motifs is 5. The average molecular weight is 525 g/mol. The number of aliphatic hydroxyl groups is 4. The molecule has 4 saturated carbocycles. The topological polar surface area (TPSA) is 116 Å². The van der Waals surface area contributed by atoms with Crippen molar-refractivity contribution in [3.8, 4) is 0 Å². The average Bonchev–Trinajstić information content (AvgIpc) is 3.22. The van der Waals surface area contributed by atoms with Gasteiger partial charge in [0.05, 0.1) is 25.9 Å². The van der Waals surface area contributed by atoms with Crippen LogP contribution in [0.15, 0.2) is 0 Å². The van der Waals surface area contributed by atoms with Gasteiger partial charge in [0.2, 0.25) is 0 Å². The predicted molar refractivity (Wildman–Crippen MR) is 140 cm³/mol. The first-order valence-corrected chi connectivity index (χ1v) is 14.9. The molecule has 4 aliphatic carbocycles. The van der Waals surface area contributed by atoms with E-state index in [2.05, 4.69) is 20.8 Å². The maximum absolute atomic E-state index is 11.8. The van der Waals surface area contributed by atoms with E-state index in [0.717, 1.165) is 44.9 Å². The highest BCUT2D eigenvalue weighted by Gasteiger charge is 2.66. The van der Waals surface area contributed by atoms with E-state index in [0.29, 0.717) is 50.5 Å². The Labute approximate surface area is 223 Å². The van der Waals surface area contributed by atoms with Gasteiger partial charge in [0.1, 0.15) is 0 Å². The van der Waals surface area contributed by atoms with E-state index in [1.54, 1.807) is 0 Å². The molecule has 4 N–H and O–H groups in total. The zero-order valence-electron chi connectivity index (χ0n) is 23.5. The number of carbonyl (C=O) groups is 1. The van der Waals surface area contributed by atoms with Crippen molar-refractivity contribution in [2.24, 2.45) is 46.3 Å². The SMILES string of the molecule is COC(=O)CC[C@@H](C)[C@H]1CC[C@H]2[C@@H]3[C@H](O)C[C@@H]4C[C@@](O)(OCCCCCO)CC[C@]4(C)[C@H]3C[C@H](O)[C@]12C. The number of aliphatic hydroxyl groups excluding tert-OH is 3. The van der Waals surface area contributed by atoms with Gasteiger partial charge in [-0.1, -0.05) is 20.8 Å². The summed E-state index contributed by atoms with van der Waals surface area (Å²) < 4.78 is 10.8. The molecule has 4 rings (SSSR count). The molecule has 0 amide bonds. The van der Waals surface area contributed by atoms with Gasteiger partial charge < -0.3 is 29.9 Å². The number of carbonyl (C=O) groups excluding carboxylic acids is 1. The first kappa shape index (κ1) is 29.3. The summed E-state index contributed by atoms with van der Waals surface area (Å²) in [7, 11) is 1.43. The van der Waals surface area contributed by atoms with Gasteiger partial charge in [-0.25, -0.2) is 0 Å². The lowest BCUT2D eigenvalue weighted by molar-refractivity contribution is -0.273. The quantitative estimate of drug-likeness (QED) is 0.194. The fourth-order valence-corrected chi connectivity index (χ4v) is 9.54. The number of hydrogen-bond donors (Lipinski definition) is 4. The standard InChI is InChI=1S/C30H52O7/c1-19(8-11-26(34)36-4)21-9-10-22-27-23(17-25(33)29(21,22)3)28(2)12-13-30(35,18-20(28)16-24(27)32)37-15-7-5-6-14-31/h19-25,27,31-33,35H,5-18H2,1-4H3/t19-,20-,21-,22+,23+,24-,25+,27+,28+,29-,30+/m1/s1. The molecule has 37 heavy (non-hydrogen) atoms. The van der Waals surface area contributed by atoms with Gasteiger partial charge in [0.15, 0.2) is 5.79 Å².